The molecule has 120 valence electrons. The van der Waals surface area contributed by atoms with Gasteiger partial charge >= 0.3 is 0 Å². The molecule has 2 N–H and O–H groups in total. The van der Waals surface area contributed by atoms with E-state index in [4.69, 9.17) is 5.73 Å². The molecule has 0 bridgehead atoms. The number of hydrogen-bond donors (Lipinski definition) is 1. The Hall–Kier alpha value is -0.860. The maximum Gasteiger partial charge on any atom is 0.0427 e. The zero-order valence-corrected chi connectivity index (χ0v) is 14.8. The van der Waals surface area contributed by atoms with Gasteiger partial charge in [0, 0.05) is 25.2 Å². The monoisotopic (exact) mass is 290 g/mol. The highest BCUT2D eigenvalue weighted by Crippen LogP contribution is 2.21. The number of nitrogens with two attached hydrogens (primary N) is 1. The summed E-state index contributed by atoms with van der Waals surface area (Å²) in [7, 11) is 0. The molecule has 0 fully saturated rings. The summed E-state index contributed by atoms with van der Waals surface area (Å²) in [6, 6.07) is 7.36. The summed E-state index contributed by atoms with van der Waals surface area (Å²) in [5.74, 6) is 0.678. The molecule has 0 saturated heterocycles. The number of hydrogen-bond acceptors (Lipinski definition) is 2. The van der Waals surface area contributed by atoms with Gasteiger partial charge in [0.25, 0.3) is 0 Å². The lowest BCUT2D eigenvalue weighted by molar-refractivity contribution is 0.156. The Labute approximate surface area is 131 Å². The predicted molar refractivity (Wildman–Crippen MR) is 93.6 cm³/mol. The van der Waals surface area contributed by atoms with Crippen LogP contribution in [0.4, 0.5) is 0 Å². The summed E-state index contributed by atoms with van der Waals surface area (Å²) in [4.78, 5) is 2.59. The third-order valence-corrected chi connectivity index (χ3v) is 4.31. The van der Waals surface area contributed by atoms with Crippen LogP contribution in [0.25, 0.3) is 0 Å². The molecule has 2 nitrogen and oxygen atoms in total. The van der Waals surface area contributed by atoms with Crippen molar-refractivity contribution < 1.29 is 0 Å². The van der Waals surface area contributed by atoms with Crippen molar-refractivity contribution in [3.8, 4) is 0 Å². The van der Waals surface area contributed by atoms with Gasteiger partial charge in [-0.05, 0) is 43.7 Å². The van der Waals surface area contributed by atoms with E-state index in [1.165, 1.54) is 29.5 Å². The van der Waals surface area contributed by atoms with Crippen LogP contribution in [-0.2, 0) is 0 Å². The highest BCUT2D eigenvalue weighted by atomic mass is 15.2. The summed E-state index contributed by atoms with van der Waals surface area (Å²) in [5.41, 5.74) is 10.4. The molecule has 0 aromatic heterocycles. The molecule has 0 aliphatic heterocycles. The van der Waals surface area contributed by atoms with Crippen molar-refractivity contribution in [2.45, 2.75) is 66.5 Å². The Morgan fingerprint density at radius 2 is 1.67 bits per heavy atom. The van der Waals surface area contributed by atoms with Gasteiger partial charge in [-0.3, -0.25) is 4.90 Å². The van der Waals surface area contributed by atoms with E-state index in [1.807, 2.05) is 0 Å². The number of aryl methyl sites for hydroxylation is 2. The fourth-order valence-corrected chi connectivity index (χ4v) is 3.24. The van der Waals surface area contributed by atoms with Gasteiger partial charge in [-0.2, -0.15) is 0 Å². The number of nitrogens with zero attached hydrogens (tertiary/aromatic N) is 1. The van der Waals surface area contributed by atoms with Crippen LogP contribution < -0.4 is 5.73 Å². The van der Waals surface area contributed by atoms with E-state index in [1.54, 1.807) is 0 Å². The molecule has 1 rings (SSSR count). The third kappa shape index (κ3) is 5.44. The van der Waals surface area contributed by atoms with Crippen LogP contribution in [-0.4, -0.2) is 24.0 Å². The summed E-state index contributed by atoms with van der Waals surface area (Å²) in [6.07, 6.45) is 2.39. The topological polar surface area (TPSA) is 29.3 Å². The molecule has 1 unspecified atom stereocenters. The molecule has 1 atom stereocenters. The van der Waals surface area contributed by atoms with Crippen LogP contribution >= 0.6 is 0 Å². The molecular weight excluding hydrogens is 256 g/mol. The van der Waals surface area contributed by atoms with E-state index >= 15 is 0 Å². The minimum atomic E-state index is 0.102. The van der Waals surface area contributed by atoms with Crippen molar-refractivity contribution in [1.29, 1.82) is 0 Å². The number of benzene rings is 1. The predicted octanol–water partition coefficient (Wildman–Crippen LogP) is 4.45. The normalized spacial score (nSPS) is 13.4. The van der Waals surface area contributed by atoms with E-state index in [-0.39, 0.29) is 6.04 Å². The molecule has 0 saturated carbocycles. The standard InChI is InChI=1S/C19H34N2/c1-7-17(8-2)21(12-14(3)4)13-19(20)18-10-9-15(5)11-16(18)6/h9-11,14,17,19H,7-8,12-13,20H2,1-6H3. The summed E-state index contributed by atoms with van der Waals surface area (Å²) in [5, 5.41) is 0. The molecule has 2 heteroatoms. The Morgan fingerprint density at radius 1 is 1.05 bits per heavy atom. The molecule has 0 radical (unpaired) electrons. The van der Waals surface area contributed by atoms with Crippen molar-refractivity contribution in [3.05, 3.63) is 34.9 Å². The van der Waals surface area contributed by atoms with Crippen molar-refractivity contribution in [2.24, 2.45) is 11.7 Å². The van der Waals surface area contributed by atoms with Gasteiger partial charge in [0.1, 0.15) is 0 Å². The van der Waals surface area contributed by atoms with Crippen LogP contribution in [0, 0.1) is 19.8 Å². The van der Waals surface area contributed by atoms with Gasteiger partial charge in [-0.15, -0.1) is 0 Å². The molecule has 0 amide bonds. The minimum Gasteiger partial charge on any atom is -0.323 e. The molecule has 1 aromatic carbocycles. The highest BCUT2D eigenvalue weighted by molar-refractivity contribution is 5.32. The average molecular weight is 290 g/mol. The van der Waals surface area contributed by atoms with E-state index in [2.05, 4.69) is 64.6 Å². The van der Waals surface area contributed by atoms with E-state index in [9.17, 15) is 0 Å². The SMILES string of the molecule is CCC(CC)N(CC(C)C)CC(N)c1ccc(C)cc1C. The van der Waals surface area contributed by atoms with Crippen LogP contribution in [0.15, 0.2) is 18.2 Å². The second-order valence-electron chi connectivity index (χ2n) is 6.78. The Bertz CT molecular complexity index is 422. The average Bonchev–Trinajstić information content (AvgIpc) is 2.38. The van der Waals surface area contributed by atoms with E-state index < -0.39 is 0 Å². The van der Waals surface area contributed by atoms with Gasteiger partial charge in [-0.1, -0.05) is 51.5 Å². The Morgan fingerprint density at radius 3 is 2.14 bits per heavy atom. The molecule has 0 aliphatic rings. The maximum atomic E-state index is 6.53. The molecule has 0 spiro atoms. The van der Waals surface area contributed by atoms with Crippen molar-refractivity contribution in [3.63, 3.8) is 0 Å². The zero-order chi connectivity index (χ0) is 16.0. The lowest BCUT2D eigenvalue weighted by Gasteiger charge is -2.34. The van der Waals surface area contributed by atoms with E-state index in [0.717, 1.165) is 13.1 Å². The lowest BCUT2D eigenvalue weighted by Crippen LogP contribution is -2.41. The molecular formula is C19H34N2. The van der Waals surface area contributed by atoms with Crippen molar-refractivity contribution in [1.82, 2.24) is 4.90 Å². The van der Waals surface area contributed by atoms with Gasteiger partial charge in [-0.25, -0.2) is 0 Å². The van der Waals surface area contributed by atoms with Crippen LogP contribution in [0.1, 0.15) is 63.3 Å². The largest absolute Gasteiger partial charge is 0.323 e. The first kappa shape index (κ1) is 18.2. The first-order chi connectivity index (χ1) is 9.88. The fraction of sp³-hybridized carbons (Fsp3) is 0.684. The van der Waals surface area contributed by atoms with Gasteiger partial charge in [0.15, 0.2) is 0 Å². The molecule has 21 heavy (non-hydrogen) atoms. The first-order valence-corrected chi connectivity index (χ1v) is 8.45. The van der Waals surface area contributed by atoms with Gasteiger partial charge in [0.05, 0.1) is 0 Å². The Balaban J connectivity index is 2.85. The quantitative estimate of drug-likeness (QED) is 0.766. The van der Waals surface area contributed by atoms with Crippen LogP contribution in [0.3, 0.4) is 0 Å². The van der Waals surface area contributed by atoms with Crippen LogP contribution in [0.5, 0.6) is 0 Å². The van der Waals surface area contributed by atoms with Crippen molar-refractivity contribution >= 4 is 0 Å². The Kier molecular flexibility index (Phi) is 7.41. The minimum absolute atomic E-state index is 0.102. The van der Waals surface area contributed by atoms with Crippen LogP contribution in [0.2, 0.25) is 0 Å². The van der Waals surface area contributed by atoms with Gasteiger partial charge < -0.3 is 5.73 Å². The summed E-state index contributed by atoms with van der Waals surface area (Å²) < 4.78 is 0. The van der Waals surface area contributed by atoms with Gasteiger partial charge in [0.2, 0.25) is 0 Å². The highest BCUT2D eigenvalue weighted by Gasteiger charge is 2.20. The lowest BCUT2D eigenvalue weighted by atomic mass is 9.98. The zero-order valence-electron chi connectivity index (χ0n) is 14.8. The molecule has 0 aliphatic carbocycles. The summed E-state index contributed by atoms with van der Waals surface area (Å²) >= 11 is 0. The molecule has 1 aromatic rings. The molecule has 0 heterocycles. The first-order valence-electron chi connectivity index (χ1n) is 8.45. The fourth-order valence-electron chi connectivity index (χ4n) is 3.24. The third-order valence-electron chi connectivity index (χ3n) is 4.31. The summed E-state index contributed by atoms with van der Waals surface area (Å²) in [6.45, 7) is 15.5. The second kappa shape index (κ2) is 8.55. The smallest absolute Gasteiger partial charge is 0.0427 e. The number of rotatable bonds is 8. The maximum absolute atomic E-state index is 6.53. The van der Waals surface area contributed by atoms with Crippen molar-refractivity contribution in [2.75, 3.05) is 13.1 Å². The second-order valence-corrected chi connectivity index (χ2v) is 6.78. The van der Waals surface area contributed by atoms with E-state index in [0.29, 0.717) is 12.0 Å².